The number of nitrogen functional groups attached to an aromatic ring is 1. The van der Waals surface area contributed by atoms with Crippen LogP contribution in [0, 0.1) is 0 Å². The molecule has 0 saturated carbocycles. The lowest BCUT2D eigenvalue weighted by atomic mass is 10.1. The molecule has 1 aromatic rings. The van der Waals surface area contributed by atoms with Crippen LogP contribution in [0.2, 0.25) is 0 Å². The second-order valence-corrected chi connectivity index (χ2v) is 3.52. The zero-order chi connectivity index (χ0) is 12.8. The van der Waals surface area contributed by atoms with Crippen molar-refractivity contribution in [3.8, 4) is 0 Å². The Labute approximate surface area is 99.9 Å². The van der Waals surface area contributed by atoms with Crippen molar-refractivity contribution in [2.75, 3.05) is 24.2 Å². The quantitative estimate of drug-likeness (QED) is 0.459. The summed E-state index contributed by atoms with van der Waals surface area (Å²) in [6.45, 7) is 3.60. The molecule has 0 amide bonds. The highest BCUT2D eigenvalue weighted by Gasteiger charge is 2.07. The molecule has 0 radical (unpaired) electrons. The van der Waals surface area contributed by atoms with Crippen molar-refractivity contribution in [3.05, 3.63) is 23.8 Å². The van der Waals surface area contributed by atoms with Crippen LogP contribution >= 0.6 is 0 Å². The number of rotatable bonds is 5. The second kappa shape index (κ2) is 5.89. The van der Waals surface area contributed by atoms with Gasteiger partial charge in [0.25, 0.3) is 0 Å². The van der Waals surface area contributed by atoms with Crippen LogP contribution in [-0.2, 0) is 9.53 Å². The van der Waals surface area contributed by atoms with Crippen molar-refractivity contribution in [2.24, 2.45) is 0 Å². The lowest BCUT2D eigenvalue weighted by Crippen LogP contribution is -2.17. The summed E-state index contributed by atoms with van der Waals surface area (Å²) in [5.74, 6) is -0.448. The van der Waals surface area contributed by atoms with Crippen LogP contribution in [0.1, 0.15) is 24.2 Å². The molecule has 0 heterocycles. The second-order valence-electron chi connectivity index (χ2n) is 3.52. The molecule has 17 heavy (non-hydrogen) atoms. The number of benzene rings is 1. The van der Waals surface area contributed by atoms with Gasteiger partial charge in [-0.2, -0.15) is 0 Å². The normalized spacial score (nSPS) is 9.76. The van der Waals surface area contributed by atoms with Gasteiger partial charge < -0.3 is 15.8 Å². The first-order valence-corrected chi connectivity index (χ1v) is 5.34. The van der Waals surface area contributed by atoms with Crippen molar-refractivity contribution in [1.82, 2.24) is 0 Å². The van der Waals surface area contributed by atoms with Crippen LogP contribution in [0.3, 0.4) is 0 Å². The summed E-state index contributed by atoms with van der Waals surface area (Å²) >= 11 is 0. The van der Waals surface area contributed by atoms with Crippen LogP contribution in [0.5, 0.6) is 0 Å². The highest BCUT2D eigenvalue weighted by molar-refractivity contribution is 6.00. The first-order chi connectivity index (χ1) is 8.04. The van der Waals surface area contributed by atoms with Crippen LogP contribution in [0.25, 0.3) is 0 Å². The molecule has 1 rings (SSSR count). The fourth-order valence-corrected chi connectivity index (χ4v) is 1.36. The van der Waals surface area contributed by atoms with E-state index in [-0.39, 0.29) is 18.3 Å². The molecule has 0 saturated heterocycles. The lowest BCUT2D eigenvalue weighted by Gasteiger charge is -2.08. The molecule has 0 aliphatic rings. The van der Waals surface area contributed by atoms with E-state index in [1.807, 2.05) is 0 Å². The van der Waals surface area contributed by atoms with E-state index >= 15 is 0 Å². The molecule has 92 valence electrons. The van der Waals surface area contributed by atoms with Crippen LogP contribution in [0.15, 0.2) is 18.2 Å². The summed E-state index contributed by atoms with van der Waals surface area (Å²) in [4.78, 5) is 22.4. The number of nitrogens with one attached hydrogen (secondary N) is 1. The number of esters is 1. The van der Waals surface area contributed by atoms with Gasteiger partial charge >= 0.3 is 5.97 Å². The highest BCUT2D eigenvalue weighted by Crippen LogP contribution is 2.18. The van der Waals surface area contributed by atoms with Gasteiger partial charge in [0.1, 0.15) is 6.54 Å². The van der Waals surface area contributed by atoms with Gasteiger partial charge in [0, 0.05) is 16.9 Å². The Morgan fingerprint density at radius 3 is 2.71 bits per heavy atom. The third-order valence-corrected chi connectivity index (χ3v) is 2.17. The standard InChI is InChI=1S/C12H16N2O3/c1-3-17-12(16)7-14-9-4-5-11(13)10(6-9)8(2)15/h4-6,14H,3,7,13H2,1-2H3. The van der Waals surface area contributed by atoms with E-state index in [0.717, 1.165) is 0 Å². The number of Topliss-reactive ketones (excluding diaryl/α,β-unsaturated/α-hetero) is 1. The Morgan fingerprint density at radius 2 is 2.12 bits per heavy atom. The third kappa shape index (κ3) is 3.79. The van der Waals surface area contributed by atoms with Crippen LogP contribution in [-0.4, -0.2) is 24.9 Å². The molecule has 5 heteroatoms. The first-order valence-electron chi connectivity index (χ1n) is 5.34. The fourth-order valence-electron chi connectivity index (χ4n) is 1.36. The average Bonchev–Trinajstić information content (AvgIpc) is 2.28. The van der Waals surface area contributed by atoms with Gasteiger partial charge in [-0.1, -0.05) is 0 Å². The molecule has 0 spiro atoms. The van der Waals surface area contributed by atoms with Gasteiger partial charge in [-0.15, -0.1) is 0 Å². The Morgan fingerprint density at radius 1 is 1.41 bits per heavy atom. The SMILES string of the molecule is CCOC(=O)CNc1ccc(N)c(C(C)=O)c1. The van der Waals surface area contributed by atoms with E-state index in [1.165, 1.54) is 6.92 Å². The number of ether oxygens (including phenoxy) is 1. The lowest BCUT2D eigenvalue weighted by molar-refractivity contribution is -0.140. The molecule has 3 N–H and O–H groups in total. The smallest absolute Gasteiger partial charge is 0.325 e. The molecule has 0 unspecified atom stereocenters. The fraction of sp³-hybridized carbons (Fsp3) is 0.333. The van der Waals surface area contributed by atoms with E-state index in [4.69, 9.17) is 10.5 Å². The highest BCUT2D eigenvalue weighted by atomic mass is 16.5. The summed E-state index contributed by atoms with van der Waals surface area (Å²) in [7, 11) is 0. The van der Waals surface area contributed by atoms with Gasteiger partial charge in [0.15, 0.2) is 5.78 Å². The van der Waals surface area contributed by atoms with Crippen molar-refractivity contribution in [1.29, 1.82) is 0 Å². The number of hydrogen-bond donors (Lipinski definition) is 2. The Balaban J connectivity index is 2.69. The predicted molar refractivity (Wildman–Crippen MR) is 66.0 cm³/mol. The molecule has 0 aliphatic heterocycles. The van der Waals surface area contributed by atoms with Crippen molar-refractivity contribution in [3.63, 3.8) is 0 Å². The first kappa shape index (κ1) is 13.0. The summed E-state index contributed by atoms with van der Waals surface area (Å²) in [5, 5.41) is 2.87. The number of carbonyl (C=O) groups is 2. The molecule has 0 aliphatic carbocycles. The summed E-state index contributed by atoms with van der Waals surface area (Å²) in [6, 6.07) is 4.96. The van der Waals surface area contributed by atoms with E-state index < -0.39 is 0 Å². The Hall–Kier alpha value is -2.04. The maximum atomic E-state index is 11.3. The Bertz CT molecular complexity index is 430. The van der Waals surface area contributed by atoms with E-state index in [0.29, 0.717) is 23.5 Å². The number of anilines is 2. The minimum absolute atomic E-state index is 0.0646. The number of carbonyl (C=O) groups excluding carboxylic acids is 2. The maximum absolute atomic E-state index is 11.3. The zero-order valence-electron chi connectivity index (χ0n) is 9.95. The molecule has 5 nitrogen and oxygen atoms in total. The molecule has 0 aromatic heterocycles. The number of hydrogen-bond acceptors (Lipinski definition) is 5. The average molecular weight is 236 g/mol. The summed E-state index contributed by atoms with van der Waals surface area (Å²) in [6.07, 6.45) is 0. The molecular formula is C12H16N2O3. The zero-order valence-corrected chi connectivity index (χ0v) is 9.95. The topological polar surface area (TPSA) is 81.4 Å². The van der Waals surface area contributed by atoms with Crippen LogP contribution < -0.4 is 11.1 Å². The number of ketones is 1. The van der Waals surface area contributed by atoms with E-state index in [2.05, 4.69) is 5.32 Å². The molecule has 0 bridgehead atoms. The molecule has 1 aromatic carbocycles. The summed E-state index contributed by atoms with van der Waals surface area (Å²) in [5.41, 5.74) is 7.19. The summed E-state index contributed by atoms with van der Waals surface area (Å²) < 4.78 is 4.77. The maximum Gasteiger partial charge on any atom is 0.325 e. The van der Waals surface area contributed by atoms with E-state index in [9.17, 15) is 9.59 Å². The predicted octanol–water partition coefficient (Wildman–Crippen LogP) is 1.45. The molecule has 0 atom stereocenters. The minimum Gasteiger partial charge on any atom is -0.465 e. The minimum atomic E-state index is -0.339. The molecule has 0 fully saturated rings. The van der Waals surface area contributed by atoms with Crippen molar-refractivity contribution in [2.45, 2.75) is 13.8 Å². The van der Waals surface area contributed by atoms with Gasteiger partial charge in [-0.3, -0.25) is 9.59 Å². The third-order valence-electron chi connectivity index (χ3n) is 2.17. The van der Waals surface area contributed by atoms with Gasteiger partial charge in [-0.05, 0) is 32.0 Å². The number of nitrogens with two attached hydrogens (primary N) is 1. The Kier molecular flexibility index (Phi) is 4.51. The van der Waals surface area contributed by atoms with Crippen LogP contribution in [0.4, 0.5) is 11.4 Å². The van der Waals surface area contributed by atoms with Gasteiger partial charge in [0.2, 0.25) is 0 Å². The monoisotopic (exact) mass is 236 g/mol. The largest absolute Gasteiger partial charge is 0.465 e. The molecular weight excluding hydrogens is 220 g/mol. The van der Waals surface area contributed by atoms with Crippen molar-refractivity contribution >= 4 is 23.1 Å². The van der Waals surface area contributed by atoms with Crippen molar-refractivity contribution < 1.29 is 14.3 Å². The van der Waals surface area contributed by atoms with Gasteiger partial charge in [0.05, 0.1) is 6.61 Å². The van der Waals surface area contributed by atoms with Gasteiger partial charge in [-0.25, -0.2) is 0 Å². The van der Waals surface area contributed by atoms with E-state index in [1.54, 1.807) is 25.1 Å².